The first-order chi connectivity index (χ1) is 21.5. The van der Waals surface area contributed by atoms with Crippen molar-refractivity contribution in [3.8, 4) is 17.3 Å². The normalized spacial score (nSPS) is 26.2. The number of nitrogens with zero attached hydrogens (tertiary/aromatic N) is 5. The maximum atomic E-state index is 16.6. The van der Waals surface area contributed by atoms with Crippen LogP contribution in [0.3, 0.4) is 0 Å². The van der Waals surface area contributed by atoms with E-state index in [-0.39, 0.29) is 35.4 Å². The second-order valence-electron chi connectivity index (χ2n) is 12.4. The zero-order valence-corrected chi connectivity index (χ0v) is 26.2. The lowest BCUT2D eigenvalue weighted by molar-refractivity contribution is 0.0644. The third-order valence-electron chi connectivity index (χ3n) is 9.98. The van der Waals surface area contributed by atoms with Gasteiger partial charge in [0.1, 0.15) is 23.6 Å². The van der Waals surface area contributed by atoms with Crippen LogP contribution in [0.15, 0.2) is 42.6 Å². The molecule has 2 N–H and O–H groups in total. The van der Waals surface area contributed by atoms with Crippen LogP contribution in [0.1, 0.15) is 52.4 Å². The molecular formula is C34H40ClFN6O2. The van der Waals surface area contributed by atoms with Crippen molar-refractivity contribution < 1.29 is 14.2 Å². The molecule has 2 aromatic heterocycles. The second kappa shape index (κ2) is 12.0. The highest BCUT2D eigenvalue weighted by molar-refractivity contribution is 6.36. The average molecular weight is 619 g/mol. The number of anilines is 1. The van der Waals surface area contributed by atoms with Crippen molar-refractivity contribution in [2.75, 3.05) is 37.7 Å². The molecule has 4 fully saturated rings. The quantitative estimate of drug-likeness (QED) is 0.273. The van der Waals surface area contributed by atoms with Gasteiger partial charge in [-0.2, -0.15) is 9.97 Å². The van der Waals surface area contributed by atoms with Gasteiger partial charge >= 0.3 is 6.01 Å². The van der Waals surface area contributed by atoms with Crippen molar-refractivity contribution in [1.29, 1.82) is 0 Å². The predicted octanol–water partition coefficient (Wildman–Crippen LogP) is 5.97. The van der Waals surface area contributed by atoms with Crippen LogP contribution in [0.5, 0.6) is 6.01 Å². The molecule has 10 heteroatoms. The fraction of sp³-hybridized carbons (Fsp3) is 0.500. The van der Waals surface area contributed by atoms with E-state index >= 15 is 4.39 Å². The molecule has 3 unspecified atom stereocenters. The molecule has 0 aliphatic carbocycles. The summed E-state index contributed by atoms with van der Waals surface area (Å²) in [5.74, 6) is 0.163. The smallest absolute Gasteiger partial charge is 0.319 e. The van der Waals surface area contributed by atoms with Crippen molar-refractivity contribution in [2.24, 2.45) is 0 Å². The number of piperazine rings is 1. The molecule has 6 heterocycles. The van der Waals surface area contributed by atoms with Crippen LogP contribution in [0.2, 0.25) is 5.02 Å². The van der Waals surface area contributed by atoms with E-state index in [9.17, 15) is 5.11 Å². The van der Waals surface area contributed by atoms with Gasteiger partial charge in [-0.3, -0.25) is 9.88 Å². The van der Waals surface area contributed by atoms with E-state index in [1.54, 1.807) is 6.20 Å². The van der Waals surface area contributed by atoms with Crippen LogP contribution >= 0.6 is 11.6 Å². The molecule has 44 heavy (non-hydrogen) atoms. The van der Waals surface area contributed by atoms with Crippen molar-refractivity contribution in [3.63, 3.8) is 0 Å². The number of aromatic nitrogens is 3. The van der Waals surface area contributed by atoms with E-state index in [0.717, 1.165) is 68.9 Å². The Kier molecular flexibility index (Phi) is 8.07. The zero-order valence-electron chi connectivity index (χ0n) is 25.4. The highest BCUT2D eigenvalue weighted by atomic mass is 35.5. The maximum absolute atomic E-state index is 16.6. The number of halogens is 2. The molecule has 4 atom stereocenters. The number of pyridine rings is 1. The Balaban J connectivity index is 0.00000153. The number of aliphatic hydroxyl groups excluding tert-OH is 1. The molecule has 0 spiro atoms. The van der Waals surface area contributed by atoms with E-state index in [4.69, 9.17) is 26.3 Å². The van der Waals surface area contributed by atoms with Gasteiger partial charge in [0.25, 0.3) is 0 Å². The fourth-order valence-electron chi connectivity index (χ4n) is 7.98. The summed E-state index contributed by atoms with van der Waals surface area (Å²) in [4.78, 5) is 18.9. The Hall–Kier alpha value is -3.11. The summed E-state index contributed by atoms with van der Waals surface area (Å²) in [6, 6.07) is 12.5. The van der Waals surface area contributed by atoms with E-state index in [1.807, 2.05) is 50.2 Å². The standard InChI is InChI=1S/C32H34ClFN6O2.C2H6/c33-25-7-2-5-19-4-1-6-23(26(19)25)28-27(34)29-24(14-35-28)30(39-15-20-8-9-21(16-39)36-20)38-31(37-29)42-18-32-11-3-13-40(32)22(17-41)10-12-32;1-2/h1-2,4-7,14,20-22,36,41H,3,8-13,15-18H2;1-2H3/t20?,21?,22-,32?;/m1./s1. The molecule has 0 saturated carbocycles. The minimum Gasteiger partial charge on any atom is -0.461 e. The molecule has 2 aromatic carbocycles. The number of nitrogens with one attached hydrogen (secondary N) is 1. The highest BCUT2D eigenvalue weighted by Crippen LogP contribution is 2.43. The van der Waals surface area contributed by atoms with Gasteiger partial charge in [0.2, 0.25) is 0 Å². The lowest BCUT2D eigenvalue weighted by atomic mass is 9.95. The maximum Gasteiger partial charge on any atom is 0.319 e. The molecule has 4 aromatic rings. The van der Waals surface area contributed by atoms with E-state index < -0.39 is 5.82 Å². The number of fused-ring (bicyclic) bond motifs is 5. The van der Waals surface area contributed by atoms with Crippen molar-refractivity contribution in [1.82, 2.24) is 25.2 Å². The van der Waals surface area contributed by atoms with Gasteiger partial charge in [-0.05, 0) is 56.5 Å². The van der Waals surface area contributed by atoms with Crippen LogP contribution in [-0.2, 0) is 0 Å². The number of rotatable bonds is 6. The molecule has 0 radical (unpaired) electrons. The van der Waals surface area contributed by atoms with Crippen molar-refractivity contribution in [3.05, 3.63) is 53.4 Å². The SMILES string of the molecule is CC.OC[C@H]1CCC2(COc3nc(N4CC5CCC(C4)N5)c4cnc(-c5cccc6cccc(Cl)c56)c(F)c4n3)CCCN12. The molecule has 4 saturated heterocycles. The third kappa shape index (κ3) is 4.98. The summed E-state index contributed by atoms with van der Waals surface area (Å²) in [6.07, 6.45) is 7.94. The summed E-state index contributed by atoms with van der Waals surface area (Å²) in [6.45, 7) is 7.11. The zero-order chi connectivity index (χ0) is 30.4. The van der Waals surface area contributed by atoms with Gasteiger partial charge in [-0.25, -0.2) is 4.39 Å². The Morgan fingerprint density at radius 1 is 1.07 bits per heavy atom. The molecule has 4 aliphatic heterocycles. The van der Waals surface area contributed by atoms with Crippen LogP contribution in [0.25, 0.3) is 32.9 Å². The van der Waals surface area contributed by atoms with Gasteiger partial charge in [-0.15, -0.1) is 0 Å². The van der Waals surface area contributed by atoms with E-state index in [1.165, 1.54) is 0 Å². The molecule has 2 bridgehead atoms. The molecule has 4 aliphatic rings. The van der Waals surface area contributed by atoms with E-state index in [0.29, 0.717) is 40.5 Å². The van der Waals surface area contributed by atoms with Crippen LogP contribution in [0.4, 0.5) is 10.2 Å². The molecule has 8 rings (SSSR count). The summed E-state index contributed by atoms with van der Waals surface area (Å²) < 4.78 is 23.0. The Labute approximate surface area is 262 Å². The number of hydrogen-bond donors (Lipinski definition) is 2. The van der Waals surface area contributed by atoms with Crippen molar-refractivity contribution in [2.45, 2.75) is 76.0 Å². The first-order valence-corrected chi connectivity index (χ1v) is 16.5. The highest BCUT2D eigenvalue weighted by Gasteiger charge is 2.49. The number of aliphatic hydroxyl groups is 1. The number of ether oxygens (including phenoxy) is 1. The summed E-state index contributed by atoms with van der Waals surface area (Å²) >= 11 is 6.61. The first kappa shape index (κ1) is 29.6. The average Bonchev–Trinajstić information content (AvgIpc) is 3.73. The van der Waals surface area contributed by atoms with Gasteiger partial charge in [0.15, 0.2) is 5.82 Å². The second-order valence-corrected chi connectivity index (χ2v) is 12.8. The lowest BCUT2D eigenvalue weighted by Crippen LogP contribution is -2.51. The van der Waals surface area contributed by atoms with Gasteiger partial charge in [-0.1, -0.05) is 55.8 Å². The van der Waals surface area contributed by atoms with Crippen molar-refractivity contribution >= 4 is 39.1 Å². The lowest BCUT2D eigenvalue weighted by Gasteiger charge is -2.35. The molecule has 0 amide bonds. The van der Waals surface area contributed by atoms with Crippen LogP contribution in [-0.4, -0.2) is 81.5 Å². The number of hydrogen-bond acceptors (Lipinski definition) is 8. The summed E-state index contributed by atoms with van der Waals surface area (Å²) in [7, 11) is 0. The Morgan fingerprint density at radius 2 is 1.84 bits per heavy atom. The fourth-order valence-corrected chi connectivity index (χ4v) is 8.27. The number of benzene rings is 2. The summed E-state index contributed by atoms with van der Waals surface area (Å²) in [5.41, 5.74) is 0.901. The molecule has 232 valence electrons. The Bertz CT molecular complexity index is 1670. The monoisotopic (exact) mass is 618 g/mol. The van der Waals surface area contributed by atoms with Crippen LogP contribution < -0.4 is 15.0 Å². The molecule has 8 nitrogen and oxygen atoms in total. The first-order valence-electron chi connectivity index (χ1n) is 16.1. The third-order valence-corrected chi connectivity index (χ3v) is 10.3. The predicted molar refractivity (Wildman–Crippen MR) is 173 cm³/mol. The molecular weight excluding hydrogens is 579 g/mol. The van der Waals surface area contributed by atoms with Gasteiger partial charge in [0, 0.05) is 53.4 Å². The Morgan fingerprint density at radius 3 is 2.61 bits per heavy atom. The van der Waals surface area contributed by atoms with Gasteiger partial charge < -0.3 is 20.1 Å². The minimum atomic E-state index is -0.506. The van der Waals surface area contributed by atoms with E-state index in [2.05, 4.69) is 20.1 Å². The topological polar surface area (TPSA) is 86.6 Å². The largest absolute Gasteiger partial charge is 0.461 e. The van der Waals surface area contributed by atoms with Crippen LogP contribution in [0, 0.1) is 5.82 Å². The van der Waals surface area contributed by atoms with Gasteiger partial charge in [0.05, 0.1) is 17.5 Å². The minimum absolute atomic E-state index is 0.137. The summed E-state index contributed by atoms with van der Waals surface area (Å²) in [5, 5.41) is 16.4.